The summed E-state index contributed by atoms with van der Waals surface area (Å²) in [5.74, 6) is -2.71. The summed E-state index contributed by atoms with van der Waals surface area (Å²) >= 11 is 2.50. The second-order valence-electron chi connectivity index (χ2n) is 13.6. The van der Waals surface area contributed by atoms with Crippen LogP contribution in [0.4, 0.5) is 35.1 Å². The smallest absolute Gasteiger partial charge is 0.372 e. The third kappa shape index (κ3) is 8.91. The van der Waals surface area contributed by atoms with E-state index in [1.807, 2.05) is 11.6 Å². The van der Waals surface area contributed by atoms with Gasteiger partial charge in [0.15, 0.2) is 0 Å². The highest BCUT2D eigenvalue weighted by molar-refractivity contribution is 7.24. The molecule has 4 aromatic heterocycles. The van der Waals surface area contributed by atoms with Gasteiger partial charge in [-0.05, 0) is 84.4 Å². The van der Waals surface area contributed by atoms with E-state index in [1.54, 1.807) is 11.3 Å². The predicted molar refractivity (Wildman–Crippen MR) is 209 cm³/mol. The average molecular weight is 859 g/mol. The number of Topliss-reactive ketones (excluding diaryl/α,β-unsaturated/α-hetero) is 1. The molecule has 0 fully saturated rings. The van der Waals surface area contributed by atoms with Gasteiger partial charge in [-0.15, -0.1) is 22.7 Å². The number of rotatable bonds is 6. The van der Waals surface area contributed by atoms with Gasteiger partial charge < -0.3 is 5.11 Å². The van der Waals surface area contributed by atoms with E-state index < -0.39 is 49.0 Å². The summed E-state index contributed by atoms with van der Waals surface area (Å²) in [5, 5.41) is 21.6. The first kappa shape index (κ1) is 42.0. The molecular formula is C39H30F8N6O2S2Si. The normalized spacial score (nSPS) is 13.0. The minimum absolute atomic E-state index is 0.319. The second kappa shape index (κ2) is 16.3. The molecule has 0 radical (unpaired) electrons. The fourth-order valence-corrected chi connectivity index (χ4v) is 8.82. The van der Waals surface area contributed by atoms with E-state index in [0.29, 0.717) is 33.2 Å². The summed E-state index contributed by atoms with van der Waals surface area (Å²) in [6.45, 7) is 6.93. The number of nitrogens with zero attached hydrogens (tertiary/aromatic N) is 6. The van der Waals surface area contributed by atoms with Crippen LogP contribution in [-0.4, -0.2) is 60.8 Å². The van der Waals surface area contributed by atoms with Gasteiger partial charge in [0.25, 0.3) is 5.78 Å². The zero-order valence-electron chi connectivity index (χ0n) is 30.4. The molecule has 8 nitrogen and oxygen atoms in total. The number of ketones is 1. The van der Waals surface area contributed by atoms with Crippen molar-refractivity contribution >= 4 is 63.0 Å². The van der Waals surface area contributed by atoms with Crippen molar-refractivity contribution in [3.05, 3.63) is 148 Å². The number of hydrogen-bond donors (Lipinski definition) is 1. The van der Waals surface area contributed by atoms with Crippen molar-refractivity contribution in [1.29, 1.82) is 0 Å². The minimum atomic E-state index is -4.93. The van der Waals surface area contributed by atoms with Gasteiger partial charge in [0, 0.05) is 34.1 Å². The number of carbonyl (C=O) groups is 1. The summed E-state index contributed by atoms with van der Waals surface area (Å²) in [6.07, 6.45) is -4.21. The molecule has 0 saturated heterocycles. The van der Waals surface area contributed by atoms with Crippen LogP contribution in [0.15, 0.2) is 121 Å². The van der Waals surface area contributed by atoms with E-state index in [9.17, 15) is 45.0 Å². The zero-order valence-corrected chi connectivity index (χ0v) is 33.1. The second-order valence-corrected chi connectivity index (χ2v) is 20.7. The third-order valence-corrected chi connectivity index (χ3v) is 13.6. The molecule has 1 atom stereocenters. The molecule has 300 valence electrons. The molecule has 19 heteroatoms. The number of aliphatic hydroxyl groups is 1. The Bertz CT molecular complexity index is 2640. The SMILES string of the molecule is C[Si](C)(C)c1nccs1.O=C(c1ccc2c(cnn2-c2ccc(F)cc2)c1)C(F)(F)F.OC(c1ccc2c(cnn2-c2ccc(F)cc2)c1)(c1cncs1)C(F)(F)F. The van der Waals surface area contributed by atoms with E-state index >= 15 is 0 Å². The molecule has 4 aromatic carbocycles. The van der Waals surface area contributed by atoms with Gasteiger partial charge in [-0.2, -0.15) is 36.5 Å². The van der Waals surface area contributed by atoms with Gasteiger partial charge in [-0.3, -0.25) is 14.8 Å². The van der Waals surface area contributed by atoms with Crippen LogP contribution >= 0.6 is 22.7 Å². The Morgan fingerprint density at radius 3 is 1.67 bits per heavy atom. The Morgan fingerprint density at radius 1 is 0.707 bits per heavy atom. The van der Waals surface area contributed by atoms with Gasteiger partial charge >= 0.3 is 12.4 Å². The number of hydrogen-bond acceptors (Lipinski definition) is 8. The van der Waals surface area contributed by atoms with Crippen molar-refractivity contribution in [1.82, 2.24) is 29.5 Å². The largest absolute Gasteiger partial charge is 0.454 e. The molecule has 0 aliphatic carbocycles. The third-order valence-electron chi connectivity index (χ3n) is 8.49. The molecule has 1 N–H and O–H groups in total. The van der Waals surface area contributed by atoms with Gasteiger partial charge in [-0.25, -0.2) is 18.1 Å². The maximum Gasteiger partial charge on any atom is 0.454 e. The number of halogens is 8. The highest BCUT2D eigenvalue weighted by Crippen LogP contribution is 2.46. The fourth-order valence-electron chi connectivity index (χ4n) is 5.61. The number of carbonyl (C=O) groups excluding carboxylic acids is 1. The Kier molecular flexibility index (Phi) is 11.8. The van der Waals surface area contributed by atoms with E-state index in [2.05, 4.69) is 39.8 Å². The van der Waals surface area contributed by atoms with E-state index in [1.165, 1.54) is 105 Å². The van der Waals surface area contributed by atoms with Crippen molar-refractivity contribution in [2.75, 3.05) is 0 Å². The molecule has 4 heterocycles. The molecule has 0 saturated carbocycles. The lowest BCUT2D eigenvalue weighted by atomic mass is 9.91. The van der Waals surface area contributed by atoms with Crippen molar-refractivity contribution in [2.45, 2.75) is 37.6 Å². The number of alkyl halides is 6. The van der Waals surface area contributed by atoms with Crippen LogP contribution in [0.1, 0.15) is 20.8 Å². The maximum absolute atomic E-state index is 13.7. The lowest BCUT2D eigenvalue weighted by Crippen LogP contribution is -2.42. The first-order valence-electron chi connectivity index (χ1n) is 16.9. The number of thiazole rings is 2. The van der Waals surface area contributed by atoms with Crippen LogP contribution in [0.3, 0.4) is 0 Å². The Balaban J connectivity index is 0.000000164. The zero-order chi connectivity index (χ0) is 42.0. The Hall–Kier alpha value is -5.63. The summed E-state index contributed by atoms with van der Waals surface area (Å²) in [7, 11) is -1.07. The predicted octanol–water partition coefficient (Wildman–Crippen LogP) is 10.0. The molecule has 0 aliphatic rings. The maximum atomic E-state index is 13.7. The Labute approximate surface area is 333 Å². The van der Waals surface area contributed by atoms with E-state index in [4.69, 9.17) is 0 Å². The monoisotopic (exact) mass is 858 g/mol. The van der Waals surface area contributed by atoms with Crippen LogP contribution in [-0.2, 0) is 5.60 Å². The van der Waals surface area contributed by atoms with Crippen molar-refractivity contribution in [3.8, 4) is 11.4 Å². The fraction of sp³-hybridized carbons (Fsp3) is 0.154. The molecule has 0 spiro atoms. The summed E-state index contributed by atoms with van der Waals surface area (Å²) < 4.78 is 109. The van der Waals surface area contributed by atoms with Crippen molar-refractivity contribution in [3.63, 3.8) is 0 Å². The van der Waals surface area contributed by atoms with Gasteiger partial charge in [0.05, 0.1) is 49.8 Å². The number of fused-ring (bicyclic) bond motifs is 2. The van der Waals surface area contributed by atoms with Gasteiger partial charge in [0.2, 0.25) is 5.60 Å². The minimum Gasteiger partial charge on any atom is -0.372 e. The summed E-state index contributed by atoms with van der Waals surface area (Å²) in [5.41, 5.74) is -0.537. The van der Waals surface area contributed by atoms with Crippen molar-refractivity contribution < 1.29 is 45.0 Å². The van der Waals surface area contributed by atoms with Crippen LogP contribution in [0.2, 0.25) is 19.6 Å². The number of benzene rings is 4. The lowest BCUT2D eigenvalue weighted by Gasteiger charge is -2.29. The molecule has 0 aliphatic heterocycles. The Morgan fingerprint density at radius 2 is 1.24 bits per heavy atom. The lowest BCUT2D eigenvalue weighted by molar-refractivity contribution is -0.247. The molecule has 1 unspecified atom stereocenters. The topological polar surface area (TPSA) is 98.7 Å². The molecule has 0 amide bonds. The van der Waals surface area contributed by atoms with E-state index in [0.717, 1.165) is 29.7 Å². The molecule has 0 bridgehead atoms. The molecular weight excluding hydrogens is 829 g/mol. The quantitative estimate of drug-likeness (QED) is 0.102. The molecule has 8 aromatic rings. The summed E-state index contributed by atoms with van der Waals surface area (Å²) in [6, 6.07) is 18.6. The van der Waals surface area contributed by atoms with Crippen molar-refractivity contribution in [2.24, 2.45) is 0 Å². The number of aromatic nitrogens is 6. The average Bonchev–Trinajstić information content (AvgIpc) is 4.01. The van der Waals surface area contributed by atoms with Gasteiger partial charge in [0.1, 0.15) is 19.7 Å². The highest BCUT2D eigenvalue weighted by Gasteiger charge is 2.57. The van der Waals surface area contributed by atoms with E-state index in [-0.39, 0.29) is 10.4 Å². The molecule has 8 rings (SSSR count). The standard InChI is InChI=1S/C18H11F4N3OS.C15H8F4N2O.C6H11NSSi/c19-13-2-4-14(5-3-13)25-15-6-1-12(7-11(15)8-24-25)17(26,18(20,21)22)16-9-23-10-27-16;16-11-2-4-12(5-3-11)21-13-6-1-9(7-10(13)8-20-21)14(22)15(17,18)19;1-9(2,3)6-7-4-5-8-6/h1-10,26H;1-8H;4-5H,1-3H3. The van der Waals surface area contributed by atoms with Crippen LogP contribution in [0.5, 0.6) is 0 Å². The van der Waals surface area contributed by atoms with Crippen LogP contribution < -0.4 is 4.63 Å². The first-order valence-corrected chi connectivity index (χ1v) is 22.2. The first-order chi connectivity index (χ1) is 27.3. The van der Waals surface area contributed by atoms with Crippen LogP contribution in [0.25, 0.3) is 33.2 Å². The van der Waals surface area contributed by atoms with Crippen LogP contribution in [0, 0.1) is 11.6 Å². The molecule has 58 heavy (non-hydrogen) atoms. The summed E-state index contributed by atoms with van der Waals surface area (Å²) in [4.78, 5) is 18.8. The highest BCUT2D eigenvalue weighted by atomic mass is 32.1. The van der Waals surface area contributed by atoms with Gasteiger partial charge in [-0.1, -0.05) is 25.7 Å².